The maximum absolute atomic E-state index is 11.4. The van der Waals surface area contributed by atoms with Gasteiger partial charge in [0.15, 0.2) is 0 Å². The third kappa shape index (κ3) is 15.4. The standard InChI is InChI=1S/C41H51BrN6O8/c1-6-20-47(21-7-2)31-16-18-34(30(5)26-31)43-45-36-28-39(54-23-13-11-15-25-56-41(50)9-4)37(46-44-35-19-17-32(48(51)52)27-33(35)42)29-38(36)53-22-12-10-14-24-55-40(49)8-3/h8-9,16-19,26-29H,3-4,6-7,10-15,20-25H2,1-2,5H3. The molecule has 0 radical (unpaired) electrons. The summed E-state index contributed by atoms with van der Waals surface area (Å²) >= 11 is 3.35. The molecule has 0 bridgehead atoms. The molecule has 0 heterocycles. The molecule has 0 aliphatic carbocycles. The predicted molar refractivity (Wildman–Crippen MR) is 221 cm³/mol. The second kappa shape index (κ2) is 24.9. The fourth-order valence-electron chi connectivity index (χ4n) is 5.28. The molecular formula is C41H51BrN6O8. The highest BCUT2D eigenvalue weighted by atomic mass is 79.9. The number of rotatable bonds is 26. The normalized spacial score (nSPS) is 11.1. The van der Waals surface area contributed by atoms with Crippen molar-refractivity contribution in [2.24, 2.45) is 20.5 Å². The van der Waals surface area contributed by atoms with Crippen LogP contribution in [0, 0.1) is 17.0 Å². The first-order valence-electron chi connectivity index (χ1n) is 18.7. The van der Waals surface area contributed by atoms with E-state index in [4.69, 9.17) is 18.9 Å². The third-order valence-corrected chi connectivity index (χ3v) is 8.80. The van der Waals surface area contributed by atoms with E-state index in [1.165, 1.54) is 18.2 Å². The minimum Gasteiger partial charge on any atom is -0.491 e. The van der Waals surface area contributed by atoms with Crippen molar-refractivity contribution < 1.29 is 33.5 Å². The number of hydrogen-bond acceptors (Lipinski definition) is 13. The Bertz CT molecular complexity index is 1840. The summed E-state index contributed by atoms with van der Waals surface area (Å²) in [7, 11) is 0. The fourth-order valence-corrected chi connectivity index (χ4v) is 5.73. The maximum Gasteiger partial charge on any atom is 0.330 e. The molecule has 0 aliphatic heterocycles. The minimum atomic E-state index is -0.491. The zero-order valence-corrected chi connectivity index (χ0v) is 34.0. The lowest BCUT2D eigenvalue weighted by molar-refractivity contribution is -0.384. The number of carbonyl (C=O) groups excluding carboxylic acids is 2. The van der Waals surface area contributed by atoms with Crippen LogP contribution >= 0.6 is 15.9 Å². The number of benzene rings is 3. The van der Waals surface area contributed by atoms with Gasteiger partial charge in [0.2, 0.25) is 0 Å². The van der Waals surface area contributed by atoms with Crippen LogP contribution < -0.4 is 14.4 Å². The van der Waals surface area contributed by atoms with E-state index >= 15 is 0 Å². The number of nitro benzene ring substituents is 1. The van der Waals surface area contributed by atoms with Crippen LogP contribution in [0.2, 0.25) is 0 Å². The second-order valence-corrected chi connectivity index (χ2v) is 13.5. The van der Waals surface area contributed by atoms with Crippen LogP contribution in [0.15, 0.2) is 98.8 Å². The van der Waals surface area contributed by atoms with Crippen molar-refractivity contribution in [1.29, 1.82) is 0 Å². The van der Waals surface area contributed by atoms with E-state index in [2.05, 4.69) is 80.4 Å². The monoisotopic (exact) mass is 834 g/mol. The summed E-state index contributed by atoms with van der Waals surface area (Å²) in [6, 6.07) is 13.7. The molecule has 15 heteroatoms. The van der Waals surface area contributed by atoms with Gasteiger partial charge in [-0.2, -0.15) is 5.11 Å². The molecule has 300 valence electrons. The number of carbonyl (C=O) groups is 2. The summed E-state index contributed by atoms with van der Waals surface area (Å²) in [6.45, 7) is 16.3. The van der Waals surface area contributed by atoms with E-state index in [-0.39, 0.29) is 18.9 Å². The van der Waals surface area contributed by atoms with E-state index in [9.17, 15) is 19.7 Å². The Morgan fingerprint density at radius 1 is 0.714 bits per heavy atom. The lowest BCUT2D eigenvalue weighted by atomic mass is 10.1. The second-order valence-electron chi connectivity index (χ2n) is 12.6. The van der Waals surface area contributed by atoms with Gasteiger partial charge in [-0.05, 0) is 104 Å². The number of anilines is 1. The summed E-state index contributed by atoms with van der Waals surface area (Å²) in [5.41, 5.74) is 3.84. The molecule has 0 saturated heterocycles. The molecule has 0 saturated carbocycles. The van der Waals surface area contributed by atoms with Gasteiger partial charge in [-0.25, -0.2) is 9.59 Å². The molecule has 0 amide bonds. The van der Waals surface area contributed by atoms with Crippen molar-refractivity contribution in [3.63, 3.8) is 0 Å². The van der Waals surface area contributed by atoms with Crippen LogP contribution in [0.5, 0.6) is 11.5 Å². The van der Waals surface area contributed by atoms with Crippen molar-refractivity contribution >= 4 is 62.0 Å². The Balaban J connectivity index is 1.95. The van der Waals surface area contributed by atoms with Gasteiger partial charge in [0.1, 0.15) is 28.6 Å². The largest absolute Gasteiger partial charge is 0.491 e. The molecule has 0 aliphatic rings. The highest BCUT2D eigenvalue weighted by Gasteiger charge is 2.15. The van der Waals surface area contributed by atoms with Gasteiger partial charge < -0.3 is 23.8 Å². The first-order chi connectivity index (χ1) is 27.1. The topological polar surface area (TPSA) is 167 Å². The Kier molecular flexibility index (Phi) is 20.0. The van der Waals surface area contributed by atoms with Crippen molar-refractivity contribution in [1.82, 2.24) is 0 Å². The van der Waals surface area contributed by atoms with Crippen molar-refractivity contribution in [3.8, 4) is 11.5 Å². The van der Waals surface area contributed by atoms with Crippen molar-refractivity contribution in [2.75, 3.05) is 44.4 Å². The van der Waals surface area contributed by atoms with E-state index in [0.717, 1.165) is 62.2 Å². The quantitative estimate of drug-likeness (QED) is 0.0191. The first-order valence-corrected chi connectivity index (χ1v) is 19.5. The van der Waals surface area contributed by atoms with Gasteiger partial charge in [0.05, 0.1) is 41.5 Å². The molecular weight excluding hydrogens is 784 g/mol. The van der Waals surface area contributed by atoms with Crippen LogP contribution in [0.3, 0.4) is 0 Å². The Morgan fingerprint density at radius 2 is 1.20 bits per heavy atom. The van der Waals surface area contributed by atoms with Crippen LogP contribution in [-0.2, 0) is 19.1 Å². The summed E-state index contributed by atoms with van der Waals surface area (Å²) in [6.07, 6.45) is 8.47. The van der Waals surface area contributed by atoms with Crippen LogP contribution in [0.25, 0.3) is 0 Å². The predicted octanol–water partition coefficient (Wildman–Crippen LogP) is 11.7. The summed E-state index contributed by atoms with van der Waals surface area (Å²) in [5, 5.41) is 29.4. The van der Waals surface area contributed by atoms with Gasteiger partial charge in [0.25, 0.3) is 5.69 Å². The number of nitrogens with zero attached hydrogens (tertiary/aromatic N) is 6. The molecule has 0 unspecified atom stereocenters. The molecule has 3 rings (SSSR count). The average molecular weight is 836 g/mol. The first kappa shape index (κ1) is 45.0. The van der Waals surface area contributed by atoms with Crippen molar-refractivity contribution in [2.45, 2.75) is 72.1 Å². The van der Waals surface area contributed by atoms with Gasteiger partial charge in [0, 0.05) is 55.2 Å². The number of ether oxygens (including phenoxy) is 4. The highest BCUT2D eigenvalue weighted by molar-refractivity contribution is 9.10. The number of aryl methyl sites for hydroxylation is 1. The molecule has 3 aromatic rings. The molecule has 0 fully saturated rings. The number of halogens is 1. The fraction of sp³-hybridized carbons (Fsp3) is 0.415. The SMILES string of the molecule is C=CC(=O)OCCCCCOc1cc(N=Nc2ccc([N+](=O)[O-])cc2Br)c(OCCCCCOC(=O)C=C)cc1N=Nc1ccc(N(CCC)CCC)cc1C. The van der Waals surface area contributed by atoms with E-state index in [1.54, 1.807) is 12.1 Å². The number of azo groups is 2. The van der Waals surface area contributed by atoms with Gasteiger partial charge in [-0.1, -0.05) is 27.0 Å². The molecule has 0 atom stereocenters. The zero-order valence-electron chi connectivity index (χ0n) is 32.4. The number of nitro groups is 1. The number of hydrogen-bond donors (Lipinski definition) is 0. The number of non-ortho nitro benzene ring substituents is 1. The molecule has 56 heavy (non-hydrogen) atoms. The molecule has 0 spiro atoms. The number of unbranched alkanes of at least 4 members (excludes halogenated alkanes) is 4. The summed E-state index contributed by atoms with van der Waals surface area (Å²) < 4.78 is 23.0. The third-order valence-electron chi connectivity index (χ3n) is 8.16. The van der Waals surface area contributed by atoms with Gasteiger partial charge in [-0.3, -0.25) is 10.1 Å². The zero-order chi connectivity index (χ0) is 40.7. The lowest BCUT2D eigenvalue weighted by Gasteiger charge is -2.24. The van der Waals surface area contributed by atoms with Crippen LogP contribution in [0.1, 0.15) is 70.8 Å². The summed E-state index contributed by atoms with van der Waals surface area (Å²) in [4.78, 5) is 35.9. The molecule has 3 aromatic carbocycles. The minimum absolute atomic E-state index is 0.0903. The lowest BCUT2D eigenvalue weighted by Crippen LogP contribution is -2.24. The van der Waals surface area contributed by atoms with Crippen LogP contribution in [-0.4, -0.2) is 56.4 Å². The summed E-state index contributed by atoms with van der Waals surface area (Å²) in [5.74, 6) is -0.155. The van der Waals surface area contributed by atoms with E-state index < -0.39 is 16.9 Å². The Hall–Kier alpha value is -5.44. The van der Waals surface area contributed by atoms with Crippen molar-refractivity contribution in [3.05, 3.63) is 94.0 Å². The van der Waals surface area contributed by atoms with Gasteiger partial charge in [-0.15, -0.1) is 15.3 Å². The smallest absolute Gasteiger partial charge is 0.330 e. The Morgan fingerprint density at radius 3 is 1.66 bits per heavy atom. The van der Waals surface area contributed by atoms with Crippen LogP contribution in [0.4, 0.5) is 34.1 Å². The Labute approximate surface area is 337 Å². The molecule has 14 nitrogen and oxygen atoms in total. The van der Waals surface area contributed by atoms with Gasteiger partial charge >= 0.3 is 11.9 Å². The molecule has 0 aromatic heterocycles. The maximum atomic E-state index is 11.4. The number of esters is 2. The van der Waals surface area contributed by atoms with E-state index in [1.807, 2.05) is 13.0 Å². The highest BCUT2D eigenvalue weighted by Crippen LogP contribution is 2.42. The average Bonchev–Trinajstić information content (AvgIpc) is 3.19. The molecule has 0 N–H and O–H groups in total. The van der Waals surface area contributed by atoms with E-state index in [0.29, 0.717) is 77.6 Å².